The fourth-order valence-electron chi connectivity index (χ4n) is 1.40. The van der Waals surface area contributed by atoms with Crippen molar-refractivity contribution in [3.05, 3.63) is 39.3 Å². The van der Waals surface area contributed by atoms with E-state index in [2.05, 4.69) is 26.2 Å². The highest BCUT2D eigenvalue weighted by Crippen LogP contribution is 2.25. The lowest BCUT2D eigenvalue weighted by Crippen LogP contribution is -2.12. The molecule has 0 radical (unpaired) electrons. The first-order chi connectivity index (χ1) is 8.97. The number of nitrogens with one attached hydrogen (secondary N) is 1. The van der Waals surface area contributed by atoms with Gasteiger partial charge in [-0.1, -0.05) is 15.9 Å². The lowest BCUT2D eigenvalue weighted by molar-refractivity contribution is 0.102. The van der Waals surface area contributed by atoms with Crippen molar-refractivity contribution in [1.82, 2.24) is 4.98 Å². The van der Waals surface area contributed by atoms with Crippen molar-refractivity contribution in [2.75, 3.05) is 5.32 Å². The minimum Gasteiger partial charge on any atom is -0.507 e. The number of carbonyl (C=O) groups is 1. The largest absolute Gasteiger partial charge is 0.507 e. The summed E-state index contributed by atoms with van der Waals surface area (Å²) in [7, 11) is 0. The van der Waals surface area contributed by atoms with Crippen LogP contribution in [0.3, 0.4) is 0 Å². The number of hydrogen-bond acceptors (Lipinski definition) is 5. The molecule has 0 aliphatic heterocycles. The molecule has 19 heavy (non-hydrogen) atoms. The molecule has 7 heteroatoms. The minimum atomic E-state index is -0.678. The first-order valence-electron chi connectivity index (χ1n) is 5.40. The number of aliphatic hydroxyl groups is 1. The van der Waals surface area contributed by atoms with Gasteiger partial charge in [0.25, 0.3) is 5.91 Å². The average molecular weight is 343 g/mol. The SMILES string of the molecule is CC(O)c1csc(NC(=O)c2ccc(Br)cc2O)n1. The fourth-order valence-corrected chi connectivity index (χ4v) is 2.54. The average Bonchev–Trinajstić information content (AvgIpc) is 2.77. The summed E-state index contributed by atoms with van der Waals surface area (Å²) in [6, 6.07) is 4.62. The number of aromatic hydroxyl groups is 1. The van der Waals surface area contributed by atoms with E-state index in [0.29, 0.717) is 15.3 Å². The summed E-state index contributed by atoms with van der Waals surface area (Å²) in [6.07, 6.45) is -0.678. The van der Waals surface area contributed by atoms with E-state index in [1.54, 1.807) is 18.4 Å². The smallest absolute Gasteiger partial charge is 0.261 e. The number of aliphatic hydroxyl groups excluding tert-OH is 1. The first kappa shape index (κ1) is 14.0. The van der Waals surface area contributed by atoms with E-state index >= 15 is 0 Å². The predicted molar refractivity (Wildman–Crippen MR) is 76.5 cm³/mol. The van der Waals surface area contributed by atoms with Crippen LogP contribution in [-0.4, -0.2) is 21.1 Å². The highest BCUT2D eigenvalue weighted by Gasteiger charge is 2.14. The van der Waals surface area contributed by atoms with Gasteiger partial charge in [-0.3, -0.25) is 10.1 Å². The van der Waals surface area contributed by atoms with Crippen LogP contribution in [0.4, 0.5) is 5.13 Å². The van der Waals surface area contributed by atoms with Gasteiger partial charge in [0.2, 0.25) is 0 Å². The Morgan fingerprint density at radius 3 is 2.84 bits per heavy atom. The Labute approximate surface area is 122 Å². The summed E-state index contributed by atoms with van der Waals surface area (Å²) < 4.78 is 0.687. The number of amides is 1. The molecule has 0 bridgehead atoms. The molecule has 0 aliphatic carbocycles. The molecule has 1 aromatic heterocycles. The Morgan fingerprint density at radius 2 is 2.26 bits per heavy atom. The van der Waals surface area contributed by atoms with E-state index < -0.39 is 12.0 Å². The molecule has 2 rings (SSSR count). The quantitative estimate of drug-likeness (QED) is 0.800. The number of phenolic OH excluding ortho intramolecular Hbond substituents is 1. The second-order valence-electron chi connectivity index (χ2n) is 3.87. The normalized spacial score (nSPS) is 12.2. The number of hydrogen-bond donors (Lipinski definition) is 3. The van der Waals surface area contributed by atoms with Crippen LogP contribution < -0.4 is 5.32 Å². The molecular formula is C12H11BrN2O3S. The van der Waals surface area contributed by atoms with Crippen molar-refractivity contribution in [3.63, 3.8) is 0 Å². The van der Waals surface area contributed by atoms with Crippen molar-refractivity contribution in [2.24, 2.45) is 0 Å². The van der Waals surface area contributed by atoms with Crippen molar-refractivity contribution < 1.29 is 15.0 Å². The number of benzene rings is 1. The third-order valence-electron chi connectivity index (χ3n) is 2.37. The Morgan fingerprint density at radius 1 is 1.53 bits per heavy atom. The van der Waals surface area contributed by atoms with Crippen LogP contribution >= 0.6 is 27.3 Å². The molecule has 1 atom stereocenters. The van der Waals surface area contributed by atoms with Crippen molar-refractivity contribution in [1.29, 1.82) is 0 Å². The molecule has 2 aromatic rings. The van der Waals surface area contributed by atoms with Crippen LogP contribution in [0.25, 0.3) is 0 Å². The van der Waals surface area contributed by atoms with Gasteiger partial charge in [0.05, 0.1) is 17.4 Å². The van der Waals surface area contributed by atoms with E-state index in [9.17, 15) is 15.0 Å². The monoisotopic (exact) mass is 342 g/mol. The molecular weight excluding hydrogens is 332 g/mol. The standard InChI is InChI=1S/C12H11BrN2O3S/c1-6(16)9-5-19-12(14-9)15-11(18)8-3-2-7(13)4-10(8)17/h2-6,16-17H,1H3,(H,14,15,18). The molecule has 0 saturated heterocycles. The highest BCUT2D eigenvalue weighted by atomic mass is 79.9. The molecule has 1 unspecified atom stereocenters. The summed E-state index contributed by atoms with van der Waals surface area (Å²) in [4.78, 5) is 16.0. The number of nitrogens with zero attached hydrogens (tertiary/aromatic N) is 1. The Balaban J connectivity index is 2.16. The fraction of sp³-hybridized carbons (Fsp3) is 0.167. The summed E-state index contributed by atoms with van der Waals surface area (Å²) in [5, 5.41) is 23.7. The molecule has 100 valence electrons. The zero-order valence-corrected chi connectivity index (χ0v) is 12.3. The highest BCUT2D eigenvalue weighted by molar-refractivity contribution is 9.10. The van der Waals surface area contributed by atoms with Gasteiger partial charge in [-0.25, -0.2) is 4.98 Å². The van der Waals surface area contributed by atoms with Crippen LogP contribution in [0.5, 0.6) is 5.75 Å². The van der Waals surface area contributed by atoms with Crippen LogP contribution in [-0.2, 0) is 0 Å². The number of aromatic nitrogens is 1. The van der Waals surface area contributed by atoms with Crippen molar-refractivity contribution in [2.45, 2.75) is 13.0 Å². The van der Waals surface area contributed by atoms with E-state index in [1.807, 2.05) is 0 Å². The molecule has 0 aliphatic rings. The van der Waals surface area contributed by atoms with Gasteiger partial charge < -0.3 is 10.2 Å². The zero-order chi connectivity index (χ0) is 14.0. The third-order valence-corrected chi connectivity index (χ3v) is 3.64. The van der Waals surface area contributed by atoms with E-state index in [0.717, 1.165) is 0 Å². The second-order valence-corrected chi connectivity index (χ2v) is 5.64. The predicted octanol–water partition coefficient (Wildman–Crippen LogP) is 2.92. The molecule has 3 N–H and O–H groups in total. The van der Waals surface area contributed by atoms with Gasteiger partial charge in [-0.05, 0) is 25.1 Å². The van der Waals surface area contributed by atoms with Crippen LogP contribution in [0.1, 0.15) is 29.1 Å². The third kappa shape index (κ3) is 3.31. The topological polar surface area (TPSA) is 82.5 Å². The van der Waals surface area contributed by atoms with Gasteiger partial charge in [0.1, 0.15) is 5.75 Å². The maximum absolute atomic E-state index is 11.9. The minimum absolute atomic E-state index is 0.112. The Bertz CT molecular complexity index is 613. The number of halogens is 1. The van der Waals surface area contributed by atoms with E-state index in [1.165, 1.54) is 23.5 Å². The zero-order valence-electron chi connectivity index (χ0n) is 9.92. The molecule has 0 spiro atoms. The number of carbonyl (C=O) groups excluding carboxylic acids is 1. The van der Waals surface area contributed by atoms with Gasteiger partial charge in [-0.2, -0.15) is 0 Å². The van der Waals surface area contributed by atoms with Gasteiger partial charge in [0.15, 0.2) is 5.13 Å². The van der Waals surface area contributed by atoms with Gasteiger partial charge in [0, 0.05) is 9.85 Å². The molecule has 1 heterocycles. The Kier molecular flexibility index (Phi) is 4.18. The maximum atomic E-state index is 11.9. The molecule has 5 nitrogen and oxygen atoms in total. The lowest BCUT2D eigenvalue weighted by atomic mass is 10.2. The van der Waals surface area contributed by atoms with Crippen LogP contribution in [0, 0.1) is 0 Å². The summed E-state index contributed by atoms with van der Waals surface area (Å²) in [6.45, 7) is 1.60. The van der Waals surface area contributed by atoms with Gasteiger partial charge >= 0.3 is 0 Å². The maximum Gasteiger partial charge on any atom is 0.261 e. The molecule has 0 saturated carbocycles. The van der Waals surface area contributed by atoms with Crippen LogP contribution in [0.2, 0.25) is 0 Å². The number of rotatable bonds is 3. The van der Waals surface area contributed by atoms with Gasteiger partial charge in [-0.15, -0.1) is 11.3 Å². The summed E-state index contributed by atoms with van der Waals surface area (Å²) >= 11 is 4.42. The van der Waals surface area contributed by atoms with Crippen molar-refractivity contribution >= 4 is 38.3 Å². The number of anilines is 1. The summed E-state index contributed by atoms with van der Waals surface area (Å²) in [5.41, 5.74) is 0.664. The first-order valence-corrected chi connectivity index (χ1v) is 7.08. The number of phenols is 1. The second kappa shape index (κ2) is 5.68. The van der Waals surface area contributed by atoms with E-state index in [-0.39, 0.29) is 11.3 Å². The van der Waals surface area contributed by atoms with E-state index in [4.69, 9.17) is 0 Å². The number of thiazole rings is 1. The lowest BCUT2D eigenvalue weighted by Gasteiger charge is -2.04. The molecule has 0 fully saturated rings. The molecule has 1 aromatic carbocycles. The van der Waals surface area contributed by atoms with Crippen molar-refractivity contribution in [3.8, 4) is 5.75 Å². The molecule has 1 amide bonds. The Hall–Kier alpha value is -1.44. The summed E-state index contributed by atoms with van der Waals surface area (Å²) in [5.74, 6) is -0.560. The van der Waals surface area contributed by atoms with Crippen LogP contribution in [0.15, 0.2) is 28.1 Å².